The van der Waals surface area contributed by atoms with Crippen molar-refractivity contribution in [1.82, 2.24) is 4.81 Å². The molecule has 13 heavy (non-hydrogen) atoms. The van der Waals surface area contributed by atoms with Crippen LogP contribution >= 0.6 is 11.5 Å². The molecule has 1 aliphatic rings. The molecule has 0 saturated carbocycles. The zero-order chi connectivity index (χ0) is 9.84. The van der Waals surface area contributed by atoms with Crippen molar-refractivity contribution in [2.45, 2.75) is 20.7 Å². The monoisotopic (exact) mass is 185 g/mol. The number of nitrogens with zero attached hydrogens (tertiary/aromatic N) is 1. The van der Waals surface area contributed by atoms with Crippen LogP contribution in [-0.4, -0.2) is 55.8 Å². The Morgan fingerprint density at radius 1 is 1.46 bits per heavy atom. The molecular weight excluding hydrogens is 172 g/mol. The minimum absolute atomic E-state index is 1.04. The van der Waals surface area contributed by atoms with Gasteiger partial charge in [0.1, 0.15) is 0 Å². The first-order valence-electron chi connectivity index (χ1n) is 4.56. The third-order valence-electron chi connectivity index (χ3n) is 2.24. The quantitative estimate of drug-likeness (QED) is 0.476. The average Bonchev–Trinajstić information content (AvgIpc) is 2.12. The minimum atomic E-state index is 1.04. The molecule has 62 valence electrons. The van der Waals surface area contributed by atoms with Gasteiger partial charge < -0.3 is 0 Å². The van der Waals surface area contributed by atoms with Gasteiger partial charge in [0.15, 0.2) is 0 Å². The Hall–Kier alpha value is 0.0847. The van der Waals surface area contributed by atoms with Crippen molar-refractivity contribution < 1.29 is 0 Å². The molecule has 0 amide bonds. The van der Waals surface area contributed by atoms with Crippen LogP contribution in [-0.2, 0) is 0 Å². The molecule has 0 aliphatic carbocycles. The molecule has 1 heterocycles. The molecule has 0 saturated heterocycles. The van der Waals surface area contributed by atoms with E-state index in [2.05, 4.69) is 52.4 Å². The van der Waals surface area contributed by atoms with Crippen LogP contribution in [0.15, 0.2) is 0 Å². The van der Waals surface area contributed by atoms with E-state index in [0.717, 1.165) is 7.41 Å². The molecule has 0 spiro atoms. The zero-order valence-corrected chi connectivity index (χ0v) is 9.61. The second-order valence-electron chi connectivity index (χ2n) is 3.14. The van der Waals surface area contributed by atoms with Gasteiger partial charge in [0.25, 0.3) is 0 Å². The Morgan fingerprint density at radius 3 is 2.69 bits per heavy atom. The molecule has 0 bridgehead atoms. The van der Waals surface area contributed by atoms with E-state index in [1.807, 2.05) is 0 Å². The Balaban J connectivity index is 2.99. The summed E-state index contributed by atoms with van der Waals surface area (Å²) >= 11 is 1.76. The van der Waals surface area contributed by atoms with Gasteiger partial charge in [-0.3, -0.25) is 0 Å². The van der Waals surface area contributed by atoms with E-state index in [0.29, 0.717) is 0 Å². The Bertz CT molecular complexity index is 285. The maximum absolute atomic E-state index is 2.34. The third-order valence-corrected chi connectivity index (χ3v) is 2.70. The van der Waals surface area contributed by atoms with Crippen molar-refractivity contribution in [2.24, 2.45) is 0 Å². The van der Waals surface area contributed by atoms with Gasteiger partial charge in [0.2, 0.25) is 0 Å². The second kappa shape index (κ2) is 5.09. The second-order valence-corrected chi connectivity index (χ2v) is 3.85. The fraction of sp³-hybridized carbons (Fsp3) is 0.500. The van der Waals surface area contributed by atoms with Gasteiger partial charge >= 0.3 is 87.9 Å². The predicted octanol–water partition coefficient (Wildman–Crippen LogP) is -1.60. The van der Waals surface area contributed by atoms with E-state index in [4.69, 9.17) is 0 Å². The number of hydrogen-bond donors (Lipinski definition) is 0. The van der Waals surface area contributed by atoms with E-state index in [9.17, 15) is 0 Å². The molecule has 0 unspecified atom stereocenters. The van der Waals surface area contributed by atoms with Gasteiger partial charge in [0.05, 0.1) is 0 Å². The van der Waals surface area contributed by atoms with Gasteiger partial charge in [-0.2, -0.15) is 0 Å². The normalized spacial score (nSPS) is 18.1. The summed E-state index contributed by atoms with van der Waals surface area (Å²) < 4.78 is 0. The van der Waals surface area contributed by atoms with Crippen LogP contribution in [0, 0.1) is 0 Å². The molecule has 0 aromatic carbocycles. The van der Waals surface area contributed by atoms with Gasteiger partial charge in [-0.1, -0.05) is 0 Å². The van der Waals surface area contributed by atoms with E-state index in [1.54, 1.807) is 11.5 Å². The zero-order valence-electron chi connectivity index (χ0n) is 8.79. The molecule has 7 heteroatoms. The van der Waals surface area contributed by atoms with Gasteiger partial charge in [0, 0.05) is 0 Å². The standard InChI is InChI=1S/C6H12B5NS/c1-4-6(11-13-7)12(8-3)5(2)10-9-4/h8H,7H2,1-3H3. The molecule has 1 aliphatic heterocycles. The number of hydrogen-bond acceptors (Lipinski definition) is 2. The summed E-state index contributed by atoms with van der Waals surface area (Å²) in [5.41, 5.74) is 4.02. The van der Waals surface area contributed by atoms with Crippen molar-refractivity contribution >= 4 is 62.5 Å². The summed E-state index contributed by atoms with van der Waals surface area (Å²) in [5.74, 6) is 0. The van der Waals surface area contributed by atoms with Crippen LogP contribution < -0.4 is 0 Å². The summed E-state index contributed by atoms with van der Waals surface area (Å²) in [6, 6.07) is 0. The summed E-state index contributed by atoms with van der Waals surface area (Å²) in [6.07, 6.45) is 2.21. The first kappa shape index (κ1) is 11.2. The van der Waals surface area contributed by atoms with Crippen molar-refractivity contribution in [3.63, 3.8) is 0 Å². The summed E-state index contributed by atoms with van der Waals surface area (Å²) in [4.78, 5) is 2.34. The van der Waals surface area contributed by atoms with Gasteiger partial charge in [-0.25, -0.2) is 0 Å². The first-order chi connectivity index (χ1) is 6.20. The molecular formula is C6H12B5NS. The van der Waals surface area contributed by atoms with Crippen molar-refractivity contribution in [1.29, 1.82) is 0 Å². The summed E-state index contributed by atoms with van der Waals surface area (Å²) in [5, 5.41) is 0. The van der Waals surface area contributed by atoms with E-state index in [-0.39, 0.29) is 0 Å². The van der Waals surface area contributed by atoms with Crippen LogP contribution in [0.5, 0.6) is 0 Å². The topological polar surface area (TPSA) is 3.24 Å². The van der Waals surface area contributed by atoms with E-state index >= 15 is 0 Å². The van der Waals surface area contributed by atoms with Crippen molar-refractivity contribution in [2.75, 3.05) is 0 Å². The van der Waals surface area contributed by atoms with Crippen molar-refractivity contribution in [3.8, 4) is 0 Å². The Kier molecular flexibility index (Phi) is 4.37. The SMILES string of the molecule is BSB=C1C(C)=BB=C(C)N1BC. The van der Waals surface area contributed by atoms with Crippen LogP contribution in [0.4, 0.5) is 0 Å². The summed E-state index contributed by atoms with van der Waals surface area (Å²) in [6.45, 7) is 10.9. The van der Waals surface area contributed by atoms with Crippen molar-refractivity contribution in [3.05, 3.63) is 0 Å². The molecule has 1 rings (SSSR count). The average molecular weight is 184 g/mol. The van der Waals surface area contributed by atoms with E-state index in [1.165, 1.54) is 16.6 Å². The fourth-order valence-corrected chi connectivity index (χ4v) is 2.05. The first-order valence-corrected chi connectivity index (χ1v) is 5.85. The Labute approximate surface area is 88.2 Å². The summed E-state index contributed by atoms with van der Waals surface area (Å²) in [7, 11) is 3.14. The van der Waals surface area contributed by atoms with Crippen LogP contribution in [0.3, 0.4) is 0 Å². The fourth-order valence-electron chi connectivity index (χ4n) is 1.51. The van der Waals surface area contributed by atoms with E-state index < -0.39 is 0 Å². The van der Waals surface area contributed by atoms with Gasteiger partial charge in [-0.05, 0) is 0 Å². The molecule has 0 aromatic heterocycles. The molecule has 0 radical (unpaired) electrons. The molecule has 1 nitrogen and oxygen atoms in total. The maximum atomic E-state index is 2.34. The Morgan fingerprint density at radius 2 is 2.15 bits per heavy atom. The number of rotatable bonds is 2. The van der Waals surface area contributed by atoms with Gasteiger partial charge in [-0.15, -0.1) is 0 Å². The van der Waals surface area contributed by atoms with Crippen LogP contribution in [0.2, 0.25) is 6.82 Å². The molecule has 0 N–H and O–H groups in total. The van der Waals surface area contributed by atoms with Crippen LogP contribution in [0.1, 0.15) is 13.8 Å². The molecule has 0 aromatic rings. The van der Waals surface area contributed by atoms with Crippen LogP contribution in [0.25, 0.3) is 0 Å². The predicted molar refractivity (Wildman–Crippen MR) is 74.6 cm³/mol. The molecule has 0 atom stereocenters. The third kappa shape index (κ3) is 2.52. The molecule has 0 fully saturated rings.